The van der Waals surface area contributed by atoms with Crippen LogP contribution in [-0.2, 0) is 30.4 Å². The second kappa shape index (κ2) is 9.05. The van der Waals surface area contributed by atoms with Crippen molar-refractivity contribution in [3.8, 4) is 0 Å². The number of carbonyl (C=O) groups is 3. The Balaban J connectivity index is 2.21. The van der Waals surface area contributed by atoms with Crippen LogP contribution in [0.1, 0.15) is 39.7 Å². The minimum absolute atomic E-state index is 0.0337. The molecule has 8 heteroatoms. The molecule has 1 saturated heterocycles. The molecular formula is C20H27NO7. The fourth-order valence-corrected chi connectivity index (χ4v) is 2.99. The summed E-state index contributed by atoms with van der Waals surface area (Å²) in [6.07, 6.45) is -2.40. The highest BCUT2D eigenvalue weighted by Crippen LogP contribution is 2.32. The average molecular weight is 393 g/mol. The Kier molecular flexibility index (Phi) is 7.01. The van der Waals surface area contributed by atoms with Gasteiger partial charge < -0.3 is 19.3 Å². The molecule has 28 heavy (non-hydrogen) atoms. The first-order valence-corrected chi connectivity index (χ1v) is 9.20. The van der Waals surface area contributed by atoms with E-state index in [1.165, 1.54) is 0 Å². The quantitative estimate of drug-likeness (QED) is 0.604. The van der Waals surface area contributed by atoms with Crippen molar-refractivity contribution in [1.82, 2.24) is 4.90 Å². The number of aliphatic hydroxyl groups excluding tert-OH is 1. The Labute approximate surface area is 164 Å². The number of esters is 2. The molecule has 1 fully saturated rings. The van der Waals surface area contributed by atoms with Gasteiger partial charge in [0.1, 0.15) is 24.5 Å². The summed E-state index contributed by atoms with van der Waals surface area (Å²) in [5.74, 6) is -2.50. The summed E-state index contributed by atoms with van der Waals surface area (Å²) in [6, 6.07) is 7.66. The number of benzene rings is 1. The van der Waals surface area contributed by atoms with Crippen molar-refractivity contribution in [3.63, 3.8) is 0 Å². The van der Waals surface area contributed by atoms with Crippen LogP contribution in [0.2, 0.25) is 0 Å². The zero-order chi connectivity index (χ0) is 20.9. The first kappa shape index (κ1) is 21.7. The smallest absolute Gasteiger partial charge is 0.412 e. The number of likely N-dealkylation sites (tertiary alicyclic amines) is 1. The van der Waals surface area contributed by atoms with Gasteiger partial charge in [-0.2, -0.15) is 0 Å². The molecule has 0 saturated carbocycles. The van der Waals surface area contributed by atoms with Gasteiger partial charge in [0.15, 0.2) is 0 Å². The second-order valence-electron chi connectivity index (χ2n) is 7.50. The van der Waals surface area contributed by atoms with Crippen LogP contribution in [0.15, 0.2) is 30.3 Å². The SMILES string of the molecule is CCOC(=O)[C@@H]1CC(O)N(C(=O)OCc2ccccc2)[C@@H]1C(=O)OC(C)(C)C. The molecule has 1 N–H and O–H groups in total. The molecule has 1 aliphatic rings. The Morgan fingerprint density at radius 2 is 1.75 bits per heavy atom. The maximum Gasteiger partial charge on any atom is 0.412 e. The van der Waals surface area contributed by atoms with Gasteiger partial charge in [0.05, 0.1) is 12.5 Å². The molecule has 0 aliphatic carbocycles. The number of nitrogens with zero attached hydrogens (tertiary/aromatic N) is 1. The third kappa shape index (κ3) is 5.45. The van der Waals surface area contributed by atoms with E-state index >= 15 is 0 Å². The molecule has 0 bridgehead atoms. The van der Waals surface area contributed by atoms with Crippen LogP contribution in [0.25, 0.3) is 0 Å². The molecule has 0 spiro atoms. The van der Waals surface area contributed by atoms with Crippen molar-refractivity contribution in [3.05, 3.63) is 35.9 Å². The molecule has 0 radical (unpaired) electrons. The molecule has 1 amide bonds. The van der Waals surface area contributed by atoms with E-state index in [0.717, 1.165) is 10.5 Å². The summed E-state index contributed by atoms with van der Waals surface area (Å²) in [4.78, 5) is 38.5. The third-order valence-corrected chi connectivity index (χ3v) is 4.12. The van der Waals surface area contributed by atoms with Gasteiger partial charge in [0.2, 0.25) is 0 Å². The van der Waals surface area contributed by atoms with Gasteiger partial charge >= 0.3 is 18.0 Å². The van der Waals surface area contributed by atoms with Crippen LogP contribution in [0.3, 0.4) is 0 Å². The number of aliphatic hydroxyl groups is 1. The highest BCUT2D eigenvalue weighted by atomic mass is 16.6. The Morgan fingerprint density at radius 3 is 2.32 bits per heavy atom. The Bertz CT molecular complexity index is 698. The van der Waals surface area contributed by atoms with Gasteiger partial charge in [-0.1, -0.05) is 30.3 Å². The minimum atomic E-state index is -1.37. The van der Waals surface area contributed by atoms with E-state index in [-0.39, 0.29) is 19.6 Å². The van der Waals surface area contributed by atoms with Gasteiger partial charge in [-0.15, -0.1) is 0 Å². The maximum atomic E-state index is 12.7. The van der Waals surface area contributed by atoms with Gasteiger partial charge in [0, 0.05) is 6.42 Å². The highest BCUT2D eigenvalue weighted by molar-refractivity contribution is 5.89. The summed E-state index contributed by atoms with van der Waals surface area (Å²) in [5, 5.41) is 10.4. The average Bonchev–Trinajstić information content (AvgIpc) is 2.97. The summed E-state index contributed by atoms with van der Waals surface area (Å²) in [6.45, 7) is 6.74. The predicted molar refractivity (Wildman–Crippen MR) is 98.8 cm³/mol. The molecule has 0 aromatic heterocycles. The summed E-state index contributed by atoms with van der Waals surface area (Å²) in [5.41, 5.74) is -0.0796. The van der Waals surface area contributed by atoms with Gasteiger partial charge in [-0.05, 0) is 33.3 Å². The largest absolute Gasteiger partial charge is 0.466 e. The number of ether oxygens (including phenoxy) is 3. The van der Waals surface area contributed by atoms with Gasteiger partial charge in [0.25, 0.3) is 0 Å². The van der Waals surface area contributed by atoms with Gasteiger partial charge in [-0.3, -0.25) is 9.69 Å². The van der Waals surface area contributed by atoms with E-state index in [0.29, 0.717) is 0 Å². The number of hydrogen-bond donors (Lipinski definition) is 1. The molecule has 1 aromatic carbocycles. The lowest BCUT2D eigenvalue weighted by atomic mass is 10.00. The zero-order valence-electron chi connectivity index (χ0n) is 16.6. The molecule has 1 aliphatic heterocycles. The normalized spacial score (nSPS) is 21.9. The zero-order valence-corrected chi connectivity index (χ0v) is 16.6. The van der Waals surface area contributed by atoms with Crippen molar-refractivity contribution < 1.29 is 33.7 Å². The molecule has 2 rings (SSSR count). The first-order valence-electron chi connectivity index (χ1n) is 9.20. The summed E-state index contributed by atoms with van der Waals surface area (Å²) in [7, 11) is 0. The van der Waals surface area contributed by atoms with E-state index in [4.69, 9.17) is 14.2 Å². The van der Waals surface area contributed by atoms with Crippen molar-refractivity contribution in [2.45, 2.75) is 58.6 Å². The molecule has 1 unspecified atom stereocenters. The van der Waals surface area contributed by atoms with Crippen molar-refractivity contribution in [1.29, 1.82) is 0 Å². The van der Waals surface area contributed by atoms with E-state index in [9.17, 15) is 19.5 Å². The van der Waals surface area contributed by atoms with Crippen molar-refractivity contribution >= 4 is 18.0 Å². The molecule has 3 atom stereocenters. The van der Waals surface area contributed by atoms with Crippen LogP contribution < -0.4 is 0 Å². The van der Waals surface area contributed by atoms with E-state index < -0.39 is 41.8 Å². The fraction of sp³-hybridized carbons (Fsp3) is 0.550. The maximum absolute atomic E-state index is 12.7. The monoisotopic (exact) mass is 393 g/mol. The van der Waals surface area contributed by atoms with Crippen LogP contribution in [0, 0.1) is 5.92 Å². The lowest BCUT2D eigenvalue weighted by molar-refractivity contribution is -0.167. The first-order chi connectivity index (χ1) is 13.1. The van der Waals surface area contributed by atoms with E-state index in [2.05, 4.69) is 0 Å². The van der Waals surface area contributed by atoms with E-state index in [1.807, 2.05) is 6.07 Å². The van der Waals surface area contributed by atoms with Crippen molar-refractivity contribution in [2.75, 3.05) is 6.61 Å². The molecule has 1 aromatic rings. The lowest BCUT2D eigenvalue weighted by Crippen LogP contribution is -2.50. The predicted octanol–water partition coefficient (Wildman–Crippen LogP) is 2.24. The fourth-order valence-electron chi connectivity index (χ4n) is 2.99. The number of amides is 1. The van der Waals surface area contributed by atoms with Crippen LogP contribution >= 0.6 is 0 Å². The second-order valence-corrected chi connectivity index (χ2v) is 7.50. The van der Waals surface area contributed by atoms with Gasteiger partial charge in [-0.25, -0.2) is 9.59 Å². The van der Waals surface area contributed by atoms with E-state index in [1.54, 1.807) is 52.0 Å². The Morgan fingerprint density at radius 1 is 1.11 bits per heavy atom. The molecule has 154 valence electrons. The number of hydrogen-bond acceptors (Lipinski definition) is 7. The van der Waals surface area contributed by atoms with Crippen LogP contribution in [-0.4, -0.2) is 52.5 Å². The Hall–Kier alpha value is -2.61. The van der Waals surface area contributed by atoms with Crippen molar-refractivity contribution in [2.24, 2.45) is 5.92 Å². The third-order valence-electron chi connectivity index (χ3n) is 4.12. The number of rotatable bonds is 5. The molecule has 1 heterocycles. The topological polar surface area (TPSA) is 102 Å². The lowest BCUT2D eigenvalue weighted by Gasteiger charge is -2.29. The summed E-state index contributed by atoms with van der Waals surface area (Å²) >= 11 is 0. The number of carbonyl (C=O) groups excluding carboxylic acids is 3. The molecule has 8 nitrogen and oxygen atoms in total. The highest BCUT2D eigenvalue weighted by Gasteiger charge is 2.53. The van der Waals surface area contributed by atoms with Crippen LogP contribution in [0.4, 0.5) is 4.79 Å². The minimum Gasteiger partial charge on any atom is -0.466 e. The summed E-state index contributed by atoms with van der Waals surface area (Å²) < 4.78 is 15.6. The molecular weight excluding hydrogens is 366 g/mol. The standard InChI is InChI=1S/C20H27NO7/c1-5-26-17(23)14-11-15(22)21(16(14)18(24)28-20(2,3)4)19(25)27-12-13-9-7-6-8-10-13/h6-10,14-16,22H,5,11-12H2,1-4H3/t14-,15?,16+/m1/s1. The van der Waals surface area contributed by atoms with Crippen LogP contribution in [0.5, 0.6) is 0 Å².